The predicted octanol–water partition coefficient (Wildman–Crippen LogP) is 3.84. The van der Waals surface area contributed by atoms with Gasteiger partial charge in [-0.05, 0) is 31.4 Å². The minimum absolute atomic E-state index is 0.766. The van der Waals surface area contributed by atoms with Gasteiger partial charge in [0, 0.05) is 17.0 Å². The molecule has 2 heteroatoms. The van der Waals surface area contributed by atoms with Crippen molar-refractivity contribution in [2.24, 2.45) is 0 Å². The average Bonchev–Trinajstić information content (AvgIpc) is 2.39. The summed E-state index contributed by atoms with van der Waals surface area (Å²) in [5, 5.41) is 4.45. The van der Waals surface area contributed by atoms with Crippen molar-refractivity contribution in [3.8, 4) is 0 Å². The van der Waals surface area contributed by atoms with E-state index in [2.05, 4.69) is 54.3 Å². The zero-order valence-corrected chi connectivity index (χ0v) is 11.5. The maximum Gasteiger partial charge on any atom is 0.0187 e. The van der Waals surface area contributed by atoms with Crippen LogP contribution in [0.15, 0.2) is 30.3 Å². The van der Waals surface area contributed by atoms with Crippen molar-refractivity contribution in [1.82, 2.24) is 5.32 Å². The molecule has 0 saturated heterocycles. The van der Waals surface area contributed by atoms with Crippen LogP contribution in [0.3, 0.4) is 0 Å². The molecule has 2 atom stereocenters. The average molecular weight is 249 g/mol. The maximum absolute atomic E-state index is 3.60. The van der Waals surface area contributed by atoms with Crippen LogP contribution in [0.25, 0.3) is 0 Å². The minimum atomic E-state index is 0.766. The van der Waals surface area contributed by atoms with Gasteiger partial charge in [0.25, 0.3) is 0 Å². The lowest BCUT2D eigenvalue weighted by molar-refractivity contribution is 0.387. The Balaban J connectivity index is 1.75. The summed E-state index contributed by atoms with van der Waals surface area (Å²) in [5.74, 6) is 1.17. The number of thioether (sulfide) groups is 1. The van der Waals surface area contributed by atoms with Gasteiger partial charge >= 0.3 is 0 Å². The fourth-order valence-corrected chi connectivity index (χ4v) is 3.88. The molecule has 94 valence electrons. The van der Waals surface area contributed by atoms with Crippen LogP contribution < -0.4 is 5.32 Å². The lowest BCUT2D eigenvalue weighted by Crippen LogP contribution is -2.34. The summed E-state index contributed by atoms with van der Waals surface area (Å²) in [6.07, 6.45) is 5.52. The van der Waals surface area contributed by atoms with Gasteiger partial charge in [-0.3, -0.25) is 0 Å². The highest BCUT2D eigenvalue weighted by Crippen LogP contribution is 2.30. The highest BCUT2D eigenvalue weighted by atomic mass is 32.2. The Bertz CT molecular complexity index is 310. The largest absolute Gasteiger partial charge is 0.314 e. The SMILES string of the molecule is CCNC1CCCC(SCc2ccccc2)C1. The summed E-state index contributed by atoms with van der Waals surface area (Å²) >= 11 is 2.14. The van der Waals surface area contributed by atoms with E-state index in [-0.39, 0.29) is 0 Å². The first-order valence-corrected chi connectivity index (χ1v) is 7.82. The van der Waals surface area contributed by atoms with E-state index in [1.807, 2.05) is 0 Å². The lowest BCUT2D eigenvalue weighted by Gasteiger charge is -2.29. The molecule has 1 aromatic rings. The Morgan fingerprint density at radius 2 is 2.06 bits per heavy atom. The van der Waals surface area contributed by atoms with Crippen LogP contribution in [0.1, 0.15) is 38.2 Å². The molecule has 1 fully saturated rings. The number of hydrogen-bond acceptors (Lipinski definition) is 2. The molecule has 2 unspecified atom stereocenters. The monoisotopic (exact) mass is 249 g/mol. The van der Waals surface area contributed by atoms with Crippen LogP contribution in [0.2, 0.25) is 0 Å². The fraction of sp³-hybridized carbons (Fsp3) is 0.600. The van der Waals surface area contributed by atoms with Gasteiger partial charge in [-0.2, -0.15) is 11.8 Å². The van der Waals surface area contributed by atoms with Gasteiger partial charge in [0.15, 0.2) is 0 Å². The Kier molecular flexibility index (Phi) is 5.40. The van der Waals surface area contributed by atoms with Crippen LogP contribution in [0.4, 0.5) is 0 Å². The number of benzene rings is 1. The molecule has 0 aromatic heterocycles. The van der Waals surface area contributed by atoms with Crippen molar-refractivity contribution in [1.29, 1.82) is 0 Å². The normalized spacial score (nSPS) is 24.8. The number of rotatable bonds is 5. The van der Waals surface area contributed by atoms with Gasteiger partial charge in [-0.15, -0.1) is 0 Å². The molecule has 2 rings (SSSR count). The van der Waals surface area contributed by atoms with Crippen LogP contribution >= 0.6 is 11.8 Å². The Labute approximate surface area is 109 Å². The summed E-state index contributed by atoms with van der Waals surface area (Å²) in [6.45, 7) is 3.32. The molecule has 1 aromatic carbocycles. The van der Waals surface area contributed by atoms with Gasteiger partial charge in [0.05, 0.1) is 0 Å². The Hall–Kier alpha value is -0.470. The van der Waals surface area contributed by atoms with Crippen molar-refractivity contribution in [2.75, 3.05) is 6.54 Å². The van der Waals surface area contributed by atoms with E-state index in [0.717, 1.165) is 17.8 Å². The van der Waals surface area contributed by atoms with E-state index < -0.39 is 0 Å². The molecular weight excluding hydrogens is 226 g/mol. The van der Waals surface area contributed by atoms with Crippen molar-refractivity contribution in [3.05, 3.63) is 35.9 Å². The smallest absolute Gasteiger partial charge is 0.0187 e. The summed E-state index contributed by atoms with van der Waals surface area (Å²) in [4.78, 5) is 0. The van der Waals surface area contributed by atoms with E-state index in [4.69, 9.17) is 0 Å². The summed E-state index contributed by atoms with van der Waals surface area (Å²) in [6, 6.07) is 11.6. The van der Waals surface area contributed by atoms with E-state index in [1.165, 1.54) is 37.0 Å². The third-order valence-electron chi connectivity index (χ3n) is 3.45. The molecule has 0 heterocycles. The van der Waals surface area contributed by atoms with Crippen LogP contribution in [0.5, 0.6) is 0 Å². The van der Waals surface area contributed by atoms with Crippen LogP contribution in [-0.2, 0) is 5.75 Å². The standard InChI is InChI=1S/C15H23NS/c1-2-16-14-9-6-10-15(11-14)17-12-13-7-4-3-5-8-13/h3-5,7-8,14-16H,2,6,9-12H2,1H3. The van der Waals surface area contributed by atoms with Gasteiger partial charge in [-0.25, -0.2) is 0 Å². The zero-order chi connectivity index (χ0) is 11.9. The van der Waals surface area contributed by atoms with Crippen molar-refractivity contribution < 1.29 is 0 Å². The van der Waals surface area contributed by atoms with E-state index >= 15 is 0 Å². The molecule has 0 radical (unpaired) electrons. The highest BCUT2D eigenvalue weighted by Gasteiger charge is 2.21. The molecule has 0 amide bonds. The molecule has 0 spiro atoms. The second-order valence-electron chi connectivity index (χ2n) is 4.84. The molecule has 1 nitrogen and oxygen atoms in total. The Morgan fingerprint density at radius 1 is 1.24 bits per heavy atom. The van der Waals surface area contributed by atoms with Crippen molar-refractivity contribution >= 4 is 11.8 Å². The van der Waals surface area contributed by atoms with Gasteiger partial charge < -0.3 is 5.32 Å². The second-order valence-corrected chi connectivity index (χ2v) is 6.13. The predicted molar refractivity (Wildman–Crippen MR) is 77.5 cm³/mol. The second kappa shape index (κ2) is 7.07. The topological polar surface area (TPSA) is 12.0 Å². The van der Waals surface area contributed by atoms with Crippen molar-refractivity contribution in [2.45, 2.75) is 49.7 Å². The Morgan fingerprint density at radius 3 is 2.82 bits per heavy atom. The quantitative estimate of drug-likeness (QED) is 0.851. The van der Waals surface area contributed by atoms with E-state index in [9.17, 15) is 0 Å². The molecule has 1 aliphatic carbocycles. The van der Waals surface area contributed by atoms with Crippen molar-refractivity contribution in [3.63, 3.8) is 0 Å². The van der Waals surface area contributed by atoms with E-state index in [1.54, 1.807) is 0 Å². The zero-order valence-electron chi connectivity index (χ0n) is 10.7. The first kappa shape index (κ1) is 13.0. The van der Waals surface area contributed by atoms with Gasteiger partial charge in [0.1, 0.15) is 0 Å². The number of hydrogen-bond donors (Lipinski definition) is 1. The molecule has 1 N–H and O–H groups in total. The molecule has 0 bridgehead atoms. The third-order valence-corrected chi connectivity index (χ3v) is 4.85. The lowest BCUT2D eigenvalue weighted by atomic mass is 9.95. The van der Waals surface area contributed by atoms with E-state index in [0.29, 0.717) is 0 Å². The fourth-order valence-electron chi connectivity index (χ4n) is 2.56. The molecule has 17 heavy (non-hydrogen) atoms. The summed E-state index contributed by atoms with van der Waals surface area (Å²) in [7, 11) is 0. The van der Waals surface area contributed by atoms with Crippen LogP contribution in [-0.4, -0.2) is 17.8 Å². The van der Waals surface area contributed by atoms with Gasteiger partial charge in [-0.1, -0.05) is 43.7 Å². The van der Waals surface area contributed by atoms with Gasteiger partial charge in [0.2, 0.25) is 0 Å². The number of nitrogens with one attached hydrogen (secondary N) is 1. The summed E-state index contributed by atoms with van der Waals surface area (Å²) < 4.78 is 0. The molecule has 1 aliphatic rings. The summed E-state index contributed by atoms with van der Waals surface area (Å²) in [5.41, 5.74) is 1.46. The molecule has 0 aliphatic heterocycles. The third kappa shape index (κ3) is 4.36. The molecular formula is C15H23NS. The molecule has 1 saturated carbocycles. The maximum atomic E-state index is 3.60. The minimum Gasteiger partial charge on any atom is -0.314 e. The first-order valence-electron chi connectivity index (χ1n) is 6.77. The van der Waals surface area contributed by atoms with Crippen LogP contribution in [0, 0.1) is 0 Å². The first-order chi connectivity index (χ1) is 8.38. The highest BCUT2D eigenvalue weighted by molar-refractivity contribution is 7.99.